The van der Waals surface area contributed by atoms with Gasteiger partial charge in [0.2, 0.25) is 0 Å². The molecule has 0 saturated heterocycles. The number of fused-ring (bicyclic) bond motifs is 1. The molecule has 0 radical (unpaired) electrons. The molecule has 3 aromatic heterocycles. The molecule has 0 saturated carbocycles. The third-order valence-electron chi connectivity index (χ3n) is 4.10. The number of nitroso groups, excluding NO2 is 1. The van der Waals surface area contributed by atoms with Crippen molar-refractivity contribution in [2.24, 2.45) is 5.18 Å². The molecule has 0 unspecified atom stereocenters. The van der Waals surface area contributed by atoms with Crippen molar-refractivity contribution in [1.29, 1.82) is 0 Å². The van der Waals surface area contributed by atoms with Gasteiger partial charge in [-0.05, 0) is 29.4 Å². The van der Waals surface area contributed by atoms with E-state index in [4.69, 9.17) is 4.74 Å². The molecule has 0 bridgehead atoms. The highest BCUT2D eigenvalue weighted by molar-refractivity contribution is 5.97. The van der Waals surface area contributed by atoms with Gasteiger partial charge in [-0.3, -0.25) is 0 Å². The number of methoxy groups -OCH3 is 1. The summed E-state index contributed by atoms with van der Waals surface area (Å²) in [6.07, 6.45) is 5.32. The quantitative estimate of drug-likeness (QED) is 0.550. The zero-order valence-corrected chi connectivity index (χ0v) is 13.4. The first-order chi connectivity index (χ1) is 12.3. The van der Waals surface area contributed by atoms with Crippen LogP contribution < -0.4 is 4.74 Å². The number of nitrogens with zero attached hydrogens (tertiary/aromatic N) is 3. The Morgan fingerprint density at radius 1 is 1.00 bits per heavy atom. The maximum Gasteiger partial charge on any atom is 0.196 e. The molecule has 4 aromatic rings. The van der Waals surface area contributed by atoms with Crippen LogP contribution in [0, 0.1) is 4.91 Å². The lowest BCUT2D eigenvalue weighted by atomic mass is 10.0. The van der Waals surface area contributed by atoms with Crippen molar-refractivity contribution in [3.05, 3.63) is 66.0 Å². The Hall–Kier alpha value is -3.54. The summed E-state index contributed by atoms with van der Waals surface area (Å²) in [7, 11) is 1.66. The topological polar surface area (TPSA) is 80.2 Å². The molecule has 0 aliphatic heterocycles. The molecule has 0 spiro atoms. The number of H-pyrrole nitrogens is 1. The fourth-order valence-electron chi connectivity index (χ4n) is 2.86. The van der Waals surface area contributed by atoms with Gasteiger partial charge in [-0.25, -0.2) is 9.97 Å². The van der Waals surface area contributed by atoms with Gasteiger partial charge < -0.3 is 9.72 Å². The Morgan fingerprint density at radius 3 is 2.60 bits per heavy atom. The van der Waals surface area contributed by atoms with Crippen molar-refractivity contribution < 1.29 is 4.74 Å². The number of nitrogens with one attached hydrogen (secondary N) is 1. The second-order valence-electron chi connectivity index (χ2n) is 5.52. The van der Waals surface area contributed by atoms with Crippen LogP contribution in [-0.2, 0) is 0 Å². The minimum atomic E-state index is 0.161. The number of aromatic amines is 1. The van der Waals surface area contributed by atoms with Crippen LogP contribution in [0.25, 0.3) is 33.3 Å². The Morgan fingerprint density at radius 2 is 1.84 bits per heavy atom. The maximum atomic E-state index is 10.5. The van der Waals surface area contributed by atoms with E-state index in [1.165, 1.54) is 0 Å². The molecule has 122 valence electrons. The average Bonchev–Trinajstić information content (AvgIpc) is 3.11. The molecule has 4 rings (SSSR count). The predicted octanol–water partition coefficient (Wildman–Crippen LogP) is 4.70. The van der Waals surface area contributed by atoms with Gasteiger partial charge in [-0.1, -0.05) is 18.2 Å². The van der Waals surface area contributed by atoms with E-state index >= 15 is 0 Å². The van der Waals surface area contributed by atoms with Gasteiger partial charge >= 0.3 is 0 Å². The molecule has 0 aliphatic carbocycles. The molecule has 0 aliphatic rings. The fourth-order valence-corrected chi connectivity index (χ4v) is 2.86. The lowest BCUT2D eigenvalue weighted by Gasteiger charge is -2.07. The lowest BCUT2D eigenvalue weighted by Crippen LogP contribution is -1.87. The largest absolute Gasteiger partial charge is 0.496 e. The number of para-hydroxylation sites is 1. The van der Waals surface area contributed by atoms with Crippen LogP contribution in [0.1, 0.15) is 0 Å². The molecule has 0 amide bonds. The minimum absolute atomic E-state index is 0.161. The SMILES string of the molecule is COc1ccccc1-c1c[nH]c2ncc(-c3ccc(N=O)nc3)cc12. The second kappa shape index (κ2) is 6.16. The molecular formula is C19H14N4O2. The van der Waals surface area contributed by atoms with Gasteiger partial charge in [0.1, 0.15) is 11.4 Å². The maximum absolute atomic E-state index is 10.5. The number of hydrogen-bond donors (Lipinski definition) is 1. The van der Waals surface area contributed by atoms with Crippen LogP contribution >= 0.6 is 0 Å². The number of hydrogen-bond acceptors (Lipinski definition) is 5. The smallest absolute Gasteiger partial charge is 0.196 e. The fraction of sp³-hybridized carbons (Fsp3) is 0.0526. The summed E-state index contributed by atoms with van der Waals surface area (Å²) in [5.74, 6) is 0.964. The zero-order valence-electron chi connectivity index (χ0n) is 13.4. The summed E-state index contributed by atoms with van der Waals surface area (Å²) in [6, 6.07) is 13.3. The zero-order chi connectivity index (χ0) is 17.2. The van der Waals surface area contributed by atoms with Gasteiger partial charge in [0, 0.05) is 46.2 Å². The first kappa shape index (κ1) is 15.0. The van der Waals surface area contributed by atoms with Crippen LogP contribution in [0.3, 0.4) is 0 Å². The molecule has 3 heterocycles. The number of pyridine rings is 2. The number of ether oxygens (including phenoxy) is 1. The molecule has 6 heteroatoms. The van der Waals surface area contributed by atoms with Crippen molar-refractivity contribution in [3.8, 4) is 28.0 Å². The monoisotopic (exact) mass is 330 g/mol. The van der Waals surface area contributed by atoms with E-state index in [0.717, 1.165) is 39.0 Å². The summed E-state index contributed by atoms with van der Waals surface area (Å²) < 4.78 is 5.47. The summed E-state index contributed by atoms with van der Waals surface area (Å²) in [5.41, 5.74) is 4.58. The van der Waals surface area contributed by atoms with E-state index in [2.05, 4.69) is 20.1 Å². The summed E-state index contributed by atoms with van der Waals surface area (Å²) >= 11 is 0. The summed E-state index contributed by atoms with van der Waals surface area (Å²) in [5, 5.41) is 3.81. The highest BCUT2D eigenvalue weighted by atomic mass is 16.5. The van der Waals surface area contributed by atoms with Gasteiger partial charge in [0.05, 0.1) is 7.11 Å². The Bertz CT molecular complexity index is 1050. The average molecular weight is 330 g/mol. The molecule has 6 nitrogen and oxygen atoms in total. The molecule has 1 aromatic carbocycles. The van der Waals surface area contributed by atoms with Gasteiger partial charge in [0.25, 0.3) is 0 Å². The normalized spacial score (nSPS) is 10.8. The summed E-state index contributed by atoms with van der Waals surface area (Å²) in [6.45, 7) is 0. The van der Waals surface area contributed by atoms with E-state index in [1.54, 1.807) is 25.6 Å². The van der Waals surface area contributed by atoms with Crippen LogP contribution in [0.15, 0.2) is 66.2 Å². The van der Waals surface area contributed by atoms with E-state index in [1.807, 2.05) is 42.6 Å². The van der Waals surface area contributed by atoms with Gasteiger partial charge in [-0.2, -0.15) is 0 Å². The molecule has 0 atom stereocenters. The van der Waals surface area contributed by atoms with E-state index in [9.17, 15) is 4.91 Å². The lowest BCUT2D eigenvalue weighted by molar-refractivity contribution is 0.416. The number of benzene rings is 1. The van der Waals surface area contributed by atoms with Gasteiger partial charge in [-0.15, -0.1) is 4.91 Å². The standard InChI is InChI=1S/C19H14N4O2/c1-25-17-5-3-2-4-14(17)16-11-22-19-15(16)8-13(10-21-19)12-6-7-18(23-24)20-9-12/h2-11H,1H3,(H,21,22). The van der Waals surface area contributed by atoms with E-state index in [0.29, 0.717) is 0 Å². The molecule has 0 fully saturated rings. The van der Waals surface area contributed by atoms with E-state index < -0.39 is 0 Å². The predicted molar refractivity (Wildman–Crippen MR) is 96.8 cm³/mol. The number of rotatable bonds is 4. The van der Waals surface area contributed by atoms with Crippen molar-refractivity contribution in [1.82, 2.24) is 15.0 Å². The van der Waals surface area contributed by atoms with Crippen molar-refractivity contribution in [3.63, 3.8) is 0 Å². The Balaban J connectivity index is 1.86. The first-order valence-electron chi connectivity index (χ1n) is 7.70. The molecular weight excluding hydrogens is 316 g/mol. The summed E-state index contributed by atoms with van der Waals surface area (Å²) in [4.78, 5) is 22.2. The first-order valence-corrected chi connectivity index (χ1v) is 7.70. The number of aromatic nitrogens is 3. The van der Waals surface area contributed by atoms with E-state index in [-0.39, 0.29) is 5.82 Å². The Labute approximate surface area is 143 Å². The van der Waals surface area contributed by atoms with Crippen LogP contribution in [-0.4, -0.2) is 22.1 Å². The van der Waals surface area contributed by atoms with Crippen molar-refractivity contribution in [2.45, 2.75) is 0 Å². The van der Waals surface area contributed by atoms with Crippen molar-refractivity contribution >= 4 is 16.9 Å². The van der Waals surface area contributed by atoms with Gasteiger partial charge in [0.15, 0.2) is 5.82 Å². The molecule has 25 heavy (non-hydrogen) atoms. The van der Waals surface area contributed by atoms with Crippen LogP contribution in [0.4, 0.5) is 5.82 Å². The highest BCUT2D eigenvalue weighted by Gasteiger charge is 2.12. The van der Waals surface area contributed by atoms with Crippen LogP contribution in [0.2, 0.25) is 0 Å². The third kappa shape index (κ3) is 2.63. The minimum Gasteiger partial charge on any atom is -0.496 e. The highest BCUT2D eigenvalue weighted by Crippen LogP contribution is 2.35. The third-order valence-corrected chi connectivity index (χ3v) is 4.10. The Kier molecular flexibility index (Phi) is 3.70. The van der Waals surface area contributed by atoms with Crippen LogP contribution in [0.5, 0.6) is 5.75 Å². The second-order valence-corrected chi connectivity index (χ2v) is 5.52. The van der Waals surface area contributed by atoms with Crippen molar-refractivity contribution in [2.75, 3.05) is 7.11 Å². The molecule has 1 N–H and O–H groups in total.